The summed E-state index contributed by atoms with van der Waals surface area (Å²) >= 11 is 0. The van der Waals surface area contributed by atoms with Gasteiger partial charge in [0.15, 0.2) is 0 Å². The number of carbonyl (C=O) groups is 2. The lowest BCUT2D eigenvalue weighted by atomic mass is 9.97. The average molecular weight is 419 g/mol. The molecule has 1 aliphatic carbocycles. The lowest BCUT2D eigenvalue weighted by molar-refractivity contribution is -0.124. The van der Waals surface area contributed by atoms with E-state index in [0.717, 1.165) is 30.4 Å². The zero-order valence-electron chi connectivity index (χ0n) is 16.9. The third-order valence-electron chi connectivity index (χ3n) is 6.61. The minimum Gasteiger partial charge on any atom is -0.457 e. The van der Waals surface area contributed by atoms with Crippen molar-refractivity contribution in [2.24, 2.45) is 5.92 Å². The van der Waals surface area contributed by atoms with Gasteiger partial charge in [0.25, 0.3) is 0 Å². The molecule has 0 unspecified atom stereocenters. The highest BCUT2D eigenvalue weighted by atomic mass is 19.1. The summed E-state index contributed by atoms with van der Waals surface area (Å²) in [7, 11) is 0. The summed E-state index contributed by atoms with van der Waals surface area (Å²) in [6, 6.07) is 11.5. The van der Waals surface area contributed by atoms with Crippen molar-refractivity contribution in [1.29, 1.82) is 5.26 Å². The first-order chi connectivity index (χ1) is 15.0. The van der Waals surface area contributed by atoms with Crippen LogP contribution in [0.4, 0.5) is 4.39 Å². The molecule has 2 aromatic rings. The van der Waals surface area contributed by atoms with Crippen LogP contribution in [0.1, 0.15) is 40.7 Å². The van der Waals surface area contributed by atoms with Crippen LogP contribution < -0.4 is 10.6 Å². The Balaban J connectivity index is 1.28. The summed E-state index contributed by atoms with van der Waals surface area (Å²) in [6.45, 7) is 0.265. The smallest absolute Gasteiger partial charge is 0.338 e. The molecule has 5 rings (SSSR count). The van der Waals surface area contributed by atoms with Crippen molar-refractivity contribution < 1.29 is 18.7 Å². The first kappa shape index (κ1) is 19.7. The molecule has 2 aliphatic heterocycles. The lowest BCUT2D eigenvalue weighted by Crippen LogP contribution is -2.50. The van der Waals surface area contributed by atoms with E-state index in [1.165, 1.54) is 6.07 Å². The molecule has 2 aromatic carbocycles. The van der Waals surface area contributed by atoms with Crippen molar-refractivity contribution in [1.82, 2.24) is 10.6 Å². The molecule has 2 fully saturated rings. The van der Waals surface area contributed by atoms with Crippen LogP contribution in [-0.4, -0.2) is 30.0 Å². The van der Waals surface area contributed by atoms with Gasteiger partial charge >= 0.3 is 5.97 Å². The molecule has 4 atom stereocenters. The molecule has 2 bridgehead atoms. The molecule has 0 spiro atoms. The van der Waals surface area contributed by atoms with Gasteiger partial charge in [0.2, 0.25) is 5.91 Å². The Morgan fingerprint density at radius 2 is 2.06 bits per heavy atom. The summed E-state index contributed by atoms with van der Waals surface area (Å²) in [5, 5.41) is 15.6. The van der Waals surface area contributed by atoms with Gasteiger partial charge in [0.05, 0.1) is 17.7 Å². The molecule has 158 valence electrons. The largest absolute Gasteiger partial charge is 0.457 e. The van der Waals surface area contributed by atoms with Crippen molar-refractivity contribution >= 4 is 11.9 Å². The van der Waals surface area contributed by atoms with Crippen LogP contribution in [0, 0.1) is 23.1 Å². The van der Waals surface area contributed by atoms with Gasteiger partial charge < -0.3 is 15.4 Å². The summed E-state index contributed by atoms with van der Waals surface area (Å²) in [6.07, 6.45) is 3.22. The molecule has 6 nitrogen and oxygen atoms in total. The zero-order valence-corrected chi connectivity index (χ0v) is 16.9. The molecule has 1 saturated carbocycles. The second-order valence-electron chi connectivity index (χ2n) is 8.56. The molecule has 1 saturated heterocycles. The normalized spacial score (nSPS) is 24.4. The number of amides is 1. The first-order valence-electron chi connectivity index (χ1n) is 10.6. The number of nitriles is 1. The fraction of sp³-hybridized carbons (Fsp3) is 0.375. The van der Waals surface area contributed by atoms with Crippen molar-refractivity contribution in [2.75, 3.05) is 0 Å². The predicted molar refractivity (Wildman–Crippen MR) is 110 cm³/mol. The van der Waals surface area contributed by atoms with Crippen molar-refractivity contribution in [3.63, 3.8) is 0 Å². The van der Waals surface area contributed by atoms with E-state index in [1.54, 1.807) is 18.2 Å². The first-order valence-corrected chi connectivity index (χ1v) is 10.6. The molecular weight excluding hydrogens is 397 g/mol. The van der Waals surface area contributed by atoms with Gasteiger partial charge in [-0.25, -0.2) is 9.18 Å². The van der Waals surface area contributed by atoms with Crippen molar-refractivity contribution in [3.05, 3.63) is 58.9 Å². The number of nitrogens with zero attached hydrogens (tertiary/aromatic N) is 1. The van der Waals surface area contributed by atoms with E-state index in [2.05, 4.69) is 16.7 Å². The summed E-state index contributed by atoms with van der Waals surface area (Å²) < 4.78 is 19.8. The number of fused-ring (bicyclic) bond motifs is 3. The standard InChI is InChI=1S/C24H22FN3O3/c25-21-10-14(13-2-4-17-12-31-24(30)20(17)9-13)1-3-15(21)7-19(11-26)28-23(29)22-16-5-6-18(8-16)27-22/h1-4,9-10,16,18-19,22,27H,5-8,12H2,(H,28,29)/t16-,18+,19-,22-/m0/s1. The lowest BCUT2D eigenvalue weighted by Gasteiger charge is -2.23. The van der Waals surface area contributed by atoms with Crippen LogP contribution >= 0.6 is 0 Å². The van der Waals surface area contributed by atoms with Crippen LogP contribution in [0.2, 0.25) is 0 Å². The maximum absolute atomic E-state index is 14.8. The highest BCUT2D eigenvalue weighted by Gasteiger charge is 2.43. The van der Waals surface area contributed by atoms with E-state index in [4.69, 9.17) is 4.74 Å². The van der Waals surface area contributed by atoms with Crippen molar-refractivity contribution in [2.45, 2.75) is 50.4 Å². The number of piperidine rings is 1. The van der Waals surface area contributed by atoms with Crippen LogP contribution in [0.25, 0.3) is 11.1 Å². The second kappa shape index (κ2) is 7.78. The van der Waals surface area contributed by atoms with E-state index in [1.807, 2.05) is 12.1 Å². The molecule has 7 heteroatoms. The van der Waals surface area contributed by atoms with Gasteiger partial charge in [-0.3, -0.25) is 4.79 Å². The molecule has 0 radical (unpaired) electrons. The Kier molecular flexibility index (Phi) is 4.95. The maximum atomic E-state index is 14.8. The van der Waals surface area contributed by atoms with E-state index in [-0.39, 0.29) is 30.9 Å². The molecule has 1 amide bonds. The number of rotatable bonds is 5. The topological polar surface area (TPSA) is 91.2 Å². The Labute approximate surface area is 179 Å². The van der Waals surface area contributed by atoms with Gasteiger partial charge in [0, 0.05) is 18.0 Å². The van der Waals surface area contributed by atoms with Crippen LogP contribution in [-0.2, 0) is 22.6 Å². The maximum Gasteiger partial charge on any atom is 0.338 e. The highest BCUT2D eigenvalue weighted by molar-refractivity contribution is 5.94. The third kappa shape index (κ3) is 3.68. The number of esters is 1. The Morgan fingerprint density at radius 3 is 2.77 bits per heavy atom. The van der Waals surface area contributed by atoms with Crippen LogP contribution in [0.5, 0.6) is 0 Å². The fourth-order valence-corrected chi connectivity index (χ4v) is 4.95. The van der Waals surface area contributed by atoms with Crippen LogP contribution in [0.15, 0.2) is 36.4 Å². The number of hydrogen-bond acceptors (Lipinski definition) is 5. The van der Waals surface area contributed by atoms with Gasteiger partial charge in [-0.05, 0) is 54.0 Å². The average Bonchev–Trinajstić information content (AvgIpc) is 3.50. The van der Waals surface area contributed by atoms with E-state index in [0.29, 0.717) is 28.7 Å². The van der Waals surface area contributed by atoms with E-state index in [9.17, 15) is 19.2 Å². The monoisotopic (exact) mass is 419 g/mol. The van der Waals surface area contributed by atoms with Gasteiger partial charge in [-0.1, -0.05) is 24.3 Å². The predicted octanol–water partition coefficient (Wildman–Crippen LogP) is 2.85. The fourth-order valence-electron chi connectivity index (χ4n) is 4.95. The molecule has 3 aliphatic rings. The molecular formula is C24H22FN3O3. The second-order valence-corrected chi connectivity index (χ2v) is 8.56. The number of ether oxygens (including phenoxy) is 1. The molecule has 31 heavy (non-hydrogen) atoms. The molecule has 2 heterocycles. The van der Waals surface area contributed by atoms with Gasteiger partial charge in [-0.15, -0.1) is 0 Å². The SMILES string of the molecule is N#C[C@H](Cc1ccc(-c2ccc3c(c2)C(=O)OC3)cc1F)NC(=O)[C@H]1N[C@@H]2CC[C@H]1C2. The summed E-state index contributed by atoms with van der Waals surface area (Å²) in [4.78, 5) is 24.4. The van der Waals surface area contributed by atoms with Gasteiger partial charge in [0.1, 0.15) is 18.5 Å². The Morgan fingerprint density at radius 1 is 1.26 bits per heavy atom. The summed E-state index contributed by atoms with van der Waals surface area (Å²) in [5.74, 6) is -0.676. The number of halogens is 1. The number of carbonyl (C=O) groups excluding carboxylic acids is 2. The van der Waals surface area contributed by atoms with Crippen molar-refractivity contribution in [3.8, 4) is 17.2 Å². The Bertz CT molecular complexity index is 1110. The number of nitrogens with one attached hydrogen (secondary N) is 2. The third-order valence-corrected chi connectivity index (χ3v) is 6.61. The number of benzene rings is 2. The molecule has 0 aromatic heterocycles. The zero-order chi connectivity index (χ0) is 21.5. The number of cyclic esters (lactones) is 1. The van der Waals surface area contributed by atoms with Gasteiger partial charge in [-0.2, -0.15) is 5.26 Å². The minimum atomic E-state index is -0.802. The summed E-state index contributed by atoms with van der Waals surface area (Å²) in [5.41, 5.74) is 3.03. The minimum absolute atomic E-state index is 0.0890. The van der Waals surface area contributed by atoms with E-state index < -0.39 is 11.9 Å². The quantitative estimate of drug-likeness (QED) is 0.728. The number of hydrogen-bond donors (Lipinski definition) is 2. The Hall–Kier alpha value is -3.24. The van der Waals surface area contributed by atoms with Crippen LogP contribution in [0.3, 0.4) is 0 Å². The van der Waals surface area contributed by atoms with E-state index >= 15 is 0 Å². The molecule has 2 N–H and O–H groups in total. The highest BCUT2D eigenvalue weighted by Crippen LogP contribution is 2.35.